The molecular weight excluding hydrogens is 333 g/mol. The number of benzene rings is 1. The van der Waals surface area contributed by atoms with Crippen molar-refractivity contribution in [1.29, 1.82) is 0 Å². The summed E-state index contributed by atoms with van der Waals surface area (Å²) in [4.78, 5) is 14.6. The predicted molar refractivity (Wildman–Crippen MR) is 90.0 cm³/mol. The van der Waals surface area contributed by atoms with Gasteiger partial charge in [0.05, 0.1) is 4.47 Å². The van der Waals surface area contributed by atoms with Crippen molar-refractivity contribution < 1.29 is 9.18 Å². The van der Waals surface area contributed by atoms with E-state index in [-0.39, 0.29) is 23.2 Å². The van der Waals surface area contributed by atoms with Crippen LogP contribution in [0.2, 0.25) is 0 Å². The minimum absolute atomic E-state index is 0.0708. The second-order valence-electron chi connectivity index (χ2n) is 6.57. The monoisotopic (exact) mass is 357 g/mol. The number of nitrogens with zero attached hydrogens (tertiary/aromatic N) is 1. The molecule has 0 heterocycles. The summed E-state index contributed by atoms with van der Waals surface area (Å²) in [5.41, 5.74) is 0.685. The molecule has 0 saturated carbocycles. The molecule has 1 amide bonds. The lowest BCUT2D eigenvalue weighted by Crippen LogP contribution is -2.41. The SMILES string of the molecule is CCC(CC)N(C(=O)CC(C)(C)C)c1ccc(F)c(Br)c1. The van der Waals surface area contributed by atoms with E-state index in [9.17, 15) is 9.18 Å². The molecule has 0 bridgehead atoms. The minimum atomic E-state index is -0.313. The Bertz CT molecular complexity index is 492. The molecule has 1 rings (SSSR count). The number of carbonyl (C=O) groups is 1. The molecule has 1 aromatic carbocycles. The average Bonchev–Trinajstić information content (AvgIpc) is 2.37. The lowest BCUT2D eigenvalue weighted by molar-refractivity contribution is -0.120. The lowest BCUT2D eigenvalue weighted by Gasteiger charge is -2.33. The number of hydrogen-bond acceptors (Lipinski definition) is 1. The third kappa shape index (κ3) is 5.10. The molecule has 1 aromatic rings. The minimum Gasteiger partial charge on any atom is -0.309 e. The molecule has 118 valence electrons. The summed E-state index contributed by atoms with van der Waals surface area (Å²) in [6.07, 6.45) is 2.22. The van der Waals surface area contributed by atoms with Crippen molar-refractivity contribution in [3.63, 3.8) is 0 Å². The zero-order chi connectivity index (χ0) is 16.2. The number of amides is 1. The number of carbonyl (C=O) groups excluding carboxylic acids is 1. The van der Waals surface area contributed by atoms with Crippen LogP contribution >= 0.6 is 15.9 Å². The van der Waals surface area contributed by atoms with E-state index < -0.39 is 0 Å². The molecule has 0 aliphatic heterocycles. The van der Waals surface area contributed by atoms with Gasteiger partial charge in [-0.1, -0.05) is 34.6 Å². The molecule has 4 heteroatoms. The van der Waals surface area contributed by atoms with Gasteiger partial charge in [-0.2, -0.15) is 0 Å². The van der Waals surface area contributed by atoms with Crippen LogP contribution in [0.5, 0.6) is 0 Å². The summed E-state index contributed by atoms with van der Waals surface area (Å²) in [7, 11) is 0. The maximum atomic E-state index is 13.4. The molecule has 0 aliphatic rings. The summed E-state index contributed by atoms with van der Waals surface area (Å²) in [6.45, 7) is 10.3. The Morgan fingerprint density at radius 3 is 2.29 bits per heavy atom. The number of rotatable bonds is 5. The maximum Gasteiger partial charge on any atom is 0.227 e. The number of halogens is 2. The van der Waals surface area contributed by atoms with Crippen molar-refractivity contribution in [2.75, 3.05) is 4.90 Å². The third-order valence-electron chi connectivity index (χ3n) is 3.44. The highest BCUT2D eigenvalue weighted by Gasteiger charge is 2.27. The van der Waals surface area contributed by atoms with E-state index in [2.05, 4.69) is 50.5 Å². The van der Waals surface area contributed by atoms with Crippen molar-refractivity contribution in [3.05, 3.63) is 28.5 Å². The highest BCUT2D eigenvalue weighted by atomic mass is 79.9. The average molecular weight is 358 g/mol. The predicted octanol–water partition coefficient (Wildman–Crippen LogP) is 5.55. The van der Waals surface area contributed by atoms with E-state index in [1.165, 1.54) is 6.07 Å². The Kier molecular flexibility index (Phi) is 6.39. The summed E-state index contributed by atoms with van der Waals surface area (Å²) >= 11 is 3.20. The first-order chi connectivity index (χ1) is 9.69. The van der Waals surface area contributed by atoms with Gasteiger partial charge in [-0.3, -0.25) is 4.79 Å². The Hall–Kier alpha value is -0.900. The fourth-order valence-corrected chi connectivity index (χ4v) is 2.75. The molecule has 21 heavy (non-hydrogen) atoms. The van der Waals surface area contributed by atoms with Crippen LogP contribution in [0, 0.1) is 11.2 Å². The molecular formula is C17H25BrFNO. The van der Waals surface area contributed by atoms with Gasteiger partial charge in [-0.25, -0.2) is 4.39 Å². The van der Waals surface area contributed by atoms with Gasteiger partial charge in [0.25, 0.3) is 0 Å². The van der Waals surface area contributed by atoms with E-state index in [1.807, 2.05) is 4.90 Å². The van der Waals surface area contributed by atoms with Gasteiger partial charge >= 0.3 is 0 Å². The zero-order valence-electron chi connectivity index (χ0n) is 13.5. The fourth-order valence-electron chi connectivity index (χ4n) is 2.39. The molecule has 0 aliphatic carbocycles. The van der Waals surface area contributed by atoms with Crippen LogP contribution in [0.3, 0.4) is 0 Å². The molecule has 2 nitrogen and oxygen atoms in total. The van der Waals surface area contributed by atoms with Crippen molar-refractivity contribution in [1.82, 2.24) is 0 Å². The third-order valence-corrected chi connectivity index (χ3v) is 4.05. The van der Waals surface area contributed by atoms with Crippen LogP contribution in [0.4, 0.5) is 10.1 Å². The lowest BCUT2D eigenvalue weighted by atomic mass is 9.91. The van der Waals surface area contributed by atoms with Crippen molar-refractivity contribution in [2.45, 2.75) is 59.9 Å². The van der Waals surface area contributed by atoms with Crippen LogP contribution in [0.15, 0.2) is 22.7 Å². The molecule has 0 spiro atoms. The Morgan fingerprint density at radius 1 is 1.29 bits per heavy atom. The summed E-state index contributed by atoms with van der Waals surface area (Å²) < 4.78 is 13.8. The Morgan fingerprint density at radius 2 is 1.86 bits per heavy atom. The van der Waals surface area contributed by atoms with Gasteiger partial charge < -0.3 is 4.90 Å². The fraction of sp³-hybridized carbons (Fsp3) is 0.588. The summed E-state index contributed by atoms with van der Waals surface area (Å²) in [5.74, 6) is -0.221. The van der Waals surface area contributed by atoms with Crippen LogP contribution in [-0.4, -0.2) is 11.9 Å². The van der Waals surface area contributed by atoms with Crippen molar-refractivity contribution in [2.24, 2.45) is 5.41 Å². The van der Waals surface area contributed by atoms with Gasteiger partial charge in [0.15, 0.2) is 0 Å². The number of hydrogen-bond donors (Lipinski definition) is 0. The van der Waals surface area contributed by atoms with Crippen LogP contribution in [0.1, 0.15) is 53.9 Å². The second-order valence-corrected chi connectivity index (χ2v) is 7.42. The van der Waals surface area contributed by atoms with E-state index in [1.54, 1.807) is 12.1 Å². The Labute approximate surface area is 135 Å². The largest absolute Gasteiger partial charge is 0.309 e. The molecule has 0 atom stereocenters. The van der Waals surface area contributed by atoms with Crippen LogP contribution in [0.25, 0.3) is 0 Å². The summed E-state index contributed by atoms with van der Waals surface area (Å²) in [5, 5.41) is 0. The molecule has 0 saturated heterocycles. The quantitative estimate of drug-likeness (QED) is 0.676. The van der Waals surface area contributed by atoms with Crippen molar-refractivity contribution >= 4 is 27.5 Å². The van der Waals surface area contributed by atoms with Gasteiger partial charge in [-0.15, -0.1) is 0 Å². The standard InChI is InChI=1S/C17H25BrFNO/c1-6-12(7-2)20(16(21)11-17(3,4)5)13-8-9-15(19)14(18)10-13/h8-10,12H,6-7,11H2,1-5H3. The molecule has 0 aromatic heterocycles. The first kappa shape index (κ1) is 18.1. The van der Waals surface area contributed by atoms with Gasteiger partial charge in [0.2, 0.25) is 5.91 Å². The van der Waals surface area contributed by atoms with Crippen molar-refractivity contribution in [3.8, 4) is 0 Å². The number of anilines is 1. The van der Waals surface area contributed by atoms with E-state index >= 15 is 0 Å². The summed E-state index contributed by atoms with van der Waals surface area (Å²) in [6, 6.07) is 4.91. The first-order valence-corrected chi connectivity index (χ1v) is 8.26. The first-order valence-electron chi connectivity index (χ1n) is 7.46. The molecule has 0 N–H and O–H groups in total. The van der Waals surface area contributed by atoms with E-state index in [4.69, 9.17) is 0 Å². The molecule has 0 fully saturated rings. The molecule has 0 unspecified atom stereocenters. The highest BCUT2D eigenvalue weighted by Crippen LogP contribution is 2.29. The van der Waals surface area contributed by atoms with Crippen LogP contribution in [-0.2, 0) is 4.79 Å². The Balaban J connectivity index is 3.18. The van der Waals surface area contributed by atoms with E-state index in [0.717, 1.165) is 18.5 Å². The zero-order valence-corrected chi connectivity index (χ0v) is 15.1. The van der Waals surface area contributed by atoms with Crippen LogP contribution < -0.4 is 4.90 Å². The maximum absolute atomic E-state index is 13.4. The highest BCUT2D eigenvalue weighted by molar-refractivity contribution is 9.10. The van der Waals surface area contributed by atoms with Gasteiger partial charge in [-0.05, 0) is 52.4 Å². The normalized spacial score (nSPS) is 11.8. The topological polar surface area (TPSA) is 20.3 Å². The van der Waals surface area contributed by atoms with Gasteiger partial charge in [0.1, 0.15) is 5.82 Å². The van der Waals surface area contributed by atoms with Gasteiger partial charge in [0, 0.05) is 18.2 Å². The molecule has 0 radical (unpaired) electrons. The second kappa shape index (κ2) is 7.39. The smallest absolute Gasteiger partial charge is 0.227 e. The van der Waals surface area contributed by atoms with E-state index in [0.29, 0.717) is 10.9 Å².